The Kier molecular flexibility index (Phi) is 19.4. The molecule has 54 valence electrons. The van der Waals surface area contributed by atoms with Crippen molar-refractivity contribution in [1.29, 1.82) is 0 Å². The van der Waals surface area contributed by atoms with Gasteiger partial charge in [-0.2, -0.15) is 0 Å². The lowest BCUT2D eigenvalue weighted by atomic mass is 10.5. The van der Waals surface area contributed by atoms with Crippen LogP contribution in [0.5, 0.6) is 0 Å². The Morgan fingerprint density at radius 1 is 1.44 bits per heavy atom. The van der Waals surface area contributed by atoms with Crippen LogP contribution >= 0.6 is 0 Å². The minimum Gasteiger partial charge on any atom is -0.462 e. The first-order chi connectivity index (χ1) is 4.33. The van der Waals surface area contributed by atoms with E-state index < -0.39 is 0 Å². The van der Waals surface area contributed by atoms with Gasteiger partial charge >= 0.3 is 0 Å². The second kappa shape index (κ2) is 15.7. The fourth-order valence-corrected chi connectivity index (χ4v) is 0.112. The molecule has 0 fully saturated rings. The standard InChI is InChI=1S/C4H6O2.C2H6O/c5-3-1-2-4-6;1-3-2/h5-6H,1,3H2;1-2H3. The number of methoxy groups -OCH3 is 1. The van der Waals surface area contributed by atoms with E-state index in [9.17, 15) is 0 Å². The van der Waals surface area contributed by atoms with E-state index in [1.165, 1.54) is 0 Å². The van der Waals surface area contributed by atoms with Crippen molar-refractivity contribution in [3.8, 4) is 12.0 Å². The van der Waals surface area contributed by atoms with Crippen molar-refractivity contribution in [2.24, 2.45) is 0 Å². The number of rotatable bonds is 1. The fourth-order valence-electron chi connectivity index (χ4n) is 0.112. The van der Waals surface area contributed by atoms with Gasteiger partial charge in [0.2, 0.25) is 0 Å². The van der Waals surface area contributed by atoms with Crippen LogP contribution in [0.1, 0.15) is 6.42 Å². The number of hydrogen-bond acceptors (Lipinski definition) is 3. The molecular weight excluding hydrogens is 120 g/mol. The Morgan fingerprint density at radius 2 is 1.89 bits per heavy atom. The van der Waals surface area contributed by atoms with Gasteiger partial charge in [0.25, 0.3) is 0 Å². The molecule has 0 rings (SSSR count). The summed E-state index contributed by atoms with van der Waals surface area (Å²) < 4.78 is 4.25. The van der Waals surface area contributed by atoms with Gasteiger partial charge in [0, 0.05) is 20.6 Å². The van der Waals surface area contributed by atoms with E-state index in [-0.39, 0.29) is 6.61 Å². The number of ether oxygens (including phenoxy) is 1. The summed E-state index contributed by atoms with van der Waals surface area (Å²) in [6, 6.07) is 0. The van der Waals surface area contributed by atoms with E-state index in [1.807, 2.05) is 0 Å². The number of hydrogen-bond donors (Lipinski definition) is 2. The molecule has 0 aliphatic rings. The smallest absolute Gasteiger partial charge is 0.107 e. The molecule has 0 aromatic rings. The summed E-state index contributed by atoms with van der Waals surface area (Å²) in [7, 11) is 3.25. The molecule has 9 heavy (non-hydrogen) atoms. The highest BCUT2D eigenvalue weighted by Gasteiger charge is 1.65. The first kappa shape index (κ1) is 11.1. The molecule has 3 heteroatoms. The zero-order valence-corrected chi connectivity index (χ0v) is 5.72. The van der Waals surface area contributed by atoms with E-state index in [4.69, 9.17) is 10.2 Å². The quantitative estimate of drug-likeness (QED) is 0.492. The predicted octanol–water partition coefficient (Wildman–Crippen LogP) is -0.0352. The molecule has 0 saturated carbocycles. The second-order valence-corrected chi connectivity index (χ2v) is 1.17. The van der Waals surface area contributed by atoms with Crippen molar-refractivity contribution in [1.82, 2.24) is 0 Å². The van der Waals surface area contributed by atoms with E-state index in [1.54, 1.807) is 20.3 Å². The first-order valence-electron chi connectivity index (χ1n) is 2.46. The van der Waals surface area contributed by atoms with Crippen LogP contribution < -0.4 is 0 Å². The van der Waals surface area contributed by atoms with Crippen LogP contribution in [-0.2, 0) is 4.74 Å². The molecule has 0 saturated heterocycles. The van der Waals surface area contributed by atoms with Crippen molar-refractivity contribution in [3.63, 3.8) is 0 Å². The lowest BCUT2D eigenvalue weighted by Crippen LogP contribution is -1.74. The molecule has 0 aliphatic carbocycles. The Labute approximate surface area is 55.3 Å². The van der Waals surface area contributed by atoms with Crippen molar-refractivity contribution < 1.29 is 14.9 Å². The van der Waals surface area contributed by atoms with Crippen molar-refractivity contribution >= 4 is 0 Å². The lowest BCUT2D eigenvalue weighted by molar-refractivity contribution is 0.277. The number of aliphatic hydroxyl groups is 2. The van der Waals surface area contributed by atoms with Gasteiger partial charge in [-0.25, -0.2) is 0 Å². The van der Waals surface area contributed by atoms with Gasteiger partial charge in [-0.1, -0.05) is 5.92 Å². The molecule has 0 bridgehead atoms. The van der Waals surface area contributed by atoms with Gasteiger partial charge in [0.15, 0.2) is 0 Å². The molecule has 3 nitrogen and oxygen atoms in total. The average molecular weight is 132 g/mol. The van der Waals surface area contributed by atoms with E-state index in [2.05, 4.69) is 10.7 Å². The summed E-state index contributed by atoms with van der Waals surface area (Å²) in [6.45, 7) is 0.0214. The molecule has 0 aromatic carbocycles. The summed E-state index contributed by atoms with van der Waals surface area (Å²) >= 11 is 0. The highest BCUT2D eigenvalue weighted by molar-refractivity contribution is 4.88. The maximum atomic E-state index is 7.98. The maximum absolute atomic E-state index is 7.98. The van der Waals surface area contributed by atoms with Gasteiger partial charge in [-0.15, -0.1) is 0 Å². The minimum atomic E-state index is 0.0214. The fraction of sp³-hybridized carbons (Fsp3) is 0.667. The maximum Gasteiger partial charge on any atom is 0.107 e. The third kappa shape index (κ3) is 39.0. The lowest BCUT2D eigenvalue weighted by Gasteiger charge is -1.71. The Bertz CT molecular complexity index is 80.0. The third-order valence-electron chi connectivity index (χ3n) is 0.316. The molecule has 0 amide bonds. The predicted molar refractivity (Wildman–Crippen MR) is 34.3 cm³/mol. The summed E-state index contributed by atoms with van der Waals surface area (Å²) in [5.74, 6) is 2.25. The van der Waals surface area contributed by atoms with Gasteiger partial charge < -0.3 is 14.9 Å². The normalized spacial score (nSPS) is 6.11. The summed E-state index contributed by atoms with van der Waals surface area (Å²) in [6.07, 6.45) is 2.02. The molecular formula is C6H12O3. The van der Waals surface area contributed by atoms with Gasteiger partial charge in [0.05, 0.1) is 6.61 Å². The molecule has 0 atom stereocenters. The molecule has 0 aromatic heterocycles. The van der Waals surface area contributed by atoms with Crippen molar-refractivity contribution in [3.05, 3.63) is 0 Å². The van der Waals surface area contributed by atoms with E-state index in [0.717, 1.165) is 0 Å². The zero-order chi connectivity index (χ0) is 7.54. The van der Waals surface area contributed by atoms with E-state index in [0.29, 0.717) is 6.42 Å². The molecule has 0 radical (unpaired) electrons. The highest BCUT2D eigenvalue weighted by atomic mass is 16.4. The molecule has 0 heterocycles. The Morgan fingerprint density at radius 3 is 2.00 bits per heavy atom. The molecule has 0 aliphatic heterocycles. The molecule has 0 spiro atoms. The van der Waals surface area contributed by atoms with Crippen LogP contribution in [0.25, 0.3) is 0 Å². The van der Waals surface area contributed by atoms with Gasteiger partial charge in [-0.3, -0.25) is 0 Å². The summed E-state index contributed by atoms with van der Waals surface area (Å²) in [5.41, 5.74) is 0. The molecule has 0 unspecified atom stereocenters. The van der Waals surface area contributed by atoms with E-state index >= 15 is 0 Å². The molecule has 2 N–H and O–H groups in total. The summed E-state index contributed by atoms with van der Waals surface area (Å²) in [5, 5.41) is 15.7. The largest absolute Gasteiger partial charge is 0.462 e. The van der Waals surface area contributed by atoms with Crippen molar-refractivity contribution in [2.75, 3.05) is 20.8 Å². The number of aliphatic hydroxyl groups excluding tert-OH is 2. The topological polar surface area (TPSA) is 49.7 Å². The van der Waals surface area contributed by atoms with Crippen LogP contribution in [0.15, 0.2) is 0 Å². The highest BCUT2D eigenvalue weighted by Crippen LogP contribution is 1.64. The van der Waals surface area contributed by atoms with Gasteiger partial charge in [0.1, 0.15) is 6.11 Å². The average Bonchev–Trinajstić information content (AvgIpc) is 1.86. The van der Waals surface area contributed by atoms with Crippen LogP contribution in [-0.4, -0.2) is 31.0 Å². The van der Waals surface area contributed by atoms with Gasteiger partial charge in [-0.05, 0) is 0 Å². The third-order valence-corrected chi connectivity index (χ3v) is 0.316. The second-order valence-electron chi connectivity index (χ2n) is 1.17. The minimum absolute atomic E-state index is 0.0214. The van der Waals surface area contributed by atoms with Crippen LogP contribution in [0, 0.1) is 12.0 Å². The monoisotopic (exact) mass is 132 g/mol. The Balaban J connectivity index is 0. The van der Waals surface area contributed by atoms with Crippen LogP contribution in [0.3, 0.4) is 0 Å². The van der Waals surface area contributed by atoms with Crippen LogP contribution in [0.4, 0.5) is 0 Å². The summed E-state index contributed by atoms with van der Waals surface area (Å²) in [4.78, 5) is 0. The first-order valence-corrected chi connectivity index (χ1v) is 2.46. The van der Waals surface area contributed by atoms with Crippen LogP contribution in [0.2, 0.25) is 0 Å². The van der Waals surface area contributed by atoms with Crippen molar-refractivity contribution in [2.45, 2.75) is 6.42 Å². The SMILES string of the molecule is COC.OC#CCCO. The zero-order valence-electron chi connectivity index (χ0n) is 5.72. The Hall–Kier alpha value is -0.720.